The van der Waals surface area contributed by atoms with Gasteiger partial charge in [0.25, 0.3) is 0 Å². The van der Waals surface area contributed by atoms with Crippen LogP contribution < -0.4 is 4.80 Å². The largest absolute Gasteiger partial charge is 0.313 e. The first kappa shape index (κ1) is 15.7. The second-order valence-corrected chi connectivity index (χ2v) is 7.68. The normalized spacial score (nSPS) is 16.2. The van der Waals surface area contributed by atoms with Crippen molar-refractivity contribution in [2.75, 3.05) is 0 Å². The Morgan fingerprint density at radius 3 is 2.62 bits per heavy atom. The van der Waals surface area contributed by atoms with Gasteiger partial charge >= 0.3 is 0 Å². The number of benzene rings is 1. The Morgan fingerprint density at radius 1 is 1.08 bits per heavy atom. The molecule has 0 aliphatic heterocycles. The van der Waals surface area contributed by atoms with Gasteiger partial charge in [0.2, 0.25) is 0 Å². The molecule has 0 radical (unpaired) electrons. The molecule has 24 heavy (non-hydrogen) atoms. The number of hydrogen-bond acceptors (Lipinski definition) is 3. The van der Waals surface area contributed by atoms with Crippen molar-refractivity contribution < 1.29 is 8.78 Å². The quantitative estimate of drug-likeness (QED) is 0.552. The highest BCUT2D eigenvalue weighted by Crippen LogP contribution is 2.35. The number of rotatable bonds is 3. The lowest BCUT2D eigenvalue weighted by molar-refractivity contribution is 0.512. The van der Waals surface area contributed by atoms with Crippen molar-refractivity contribution in [2.24, 2.45) is 4.99 Å². The molecule has 6 heteroatoms. The van der Waals surface area contributed by atoms with Gasteiger partial charge in [-0.2, -0.15) is 0 Å². The molecule has 2 aromatic heterocycles. The van der Waals surface area contributed by atoms with Gasteiger partial charge in [-0.1, -0.05) is 18.9 Å². The van der Waals surface area contributed by atoms with Crippen molar-refractivity contribution in [1.82, 2.24) is 4.57 Å². The zero-order valence-electron chi connectivity index (χ0n) is 12.9. The van der Waals surface area contributed by atoms with Gasteiger partial charge in [-0.15, -0.1) is 22.7 Å². The summed E-state index contributed by atoms with van der Waals surface area (Å²) in [5, 5.41) is 4.15. The van der Waals surface area contributed by atoms with Crippen molar-refractivity contribution in [3.8, 4) is 10.6 Å². The van der Waals surface area contributed by atoms with Crippen LogP contribution in [0.5, 0.6) is 0 Å². The van der Waals surface area contributed by atoms with Crippen molar-refractivity contribution in [3.63, 3.8) is 0 Å². The number of halogens is 2. The number of aromatic nitrogens is 1. The molecule has 4 rings (SSSR count). The lowest BCUT2D eigenvalue weighted by atomic mass is 10.2. The Kier molecular flexibility index (Phi) is 4.33. The van der Waals surface area contributed by atoms with E-state index in [2.05, 4.69) is 26.4 Å². The molecular formula is C18H16F2N2S2. The molecule has 0 amide bonds. The van der Waals surface area contributed by atoms with Crippen LogP contribution in [0.2, 0.25) is 0 Å². The third-order valence-corrected chi connectivity index (χ3v) is 6.06. The van der Waals surface area contributed by atoms with Crippen molar-refractivity contribution in [3.05, 3.63) is 57.5 Å². The number of nitrogens with zero attached hydrogens (tertiary/aromatic N) is 2. The van der Waals surface area contributed by atoms with Crippen LogP contribution in [0, 0.1) is 11.6 Å². The summed E-state index contributed by atoms with van der Waals surface area (Å²) in [6, 6.07) is 8.06. The predicted molar refractivity (Wildman–Crippen MR) is 94.7 cm³/mol. The summed E-state index contributed by atoms with van der Waals surface area (Å²) in [6.07, 6.45) is 4.66. The zero-order chi connectivity index (χ0) is 16.5. The molecule has 3 aromatic rings. The van der Waals surface area contributed by atoms with Crippen LogP contribution in [0.25, 0.3) is 10.6 Å². The molecule has 0 saturated heterocycles. The highest BCUT2D eigenvalue weighted by Gasteiger charge is 2.22. The SMILES string of the molecule is Fc1ccc(N=c2scc(-c3cccs3)n2C2CCCC2)c(F)c1. The predicted octanol–water partition coefficient (Wildman–Crippen LogP) is 5.90. The van der Waals surface area contributed by atoms with E-state index in [4.69, 9.17) is 0 Å². The second kappa shape index (κ2) is 6.61. The Morgan fingerprint density at radius 2 is 1.92 bits per heavy atom. The third-order valence-electron chi connectivity index (χ3n) is 4.33. The lowest BCUT2D eigenvalue weighted by Gasteiger charge is -2.15. The number of thiazole rings is 1. The molecule has 124 valence electrons. The maximum atomic E-state index is 14.0. The molecule has 0 spiro atoms. The topological polar surface area (TPSA) is 17.3 Å². The van der Waals surface area contributed by atoms with Crippen LogP contribution in [0.1, 0.15) is 31.7 Å². The minimum absolute atomic E-state index is 0.183. The summed E-state index contributed by atoms with van der Waals surface area (Å²) in [6.45, 7) is 0. The molecular weight excluding hydrogens is 346 g/mol. The van der Waals surface area contributed by atoms with Crippen LogP contribution in [0.3, 0.4) is 0 Å². The average Bonchev–Trinajstić information content (AvgIpc) is 3.30. The van der Waals surface area contributed by atoms with Crippen molar-refractivity contribution >= 4 is 28.4 Å². The zero-order valence-corrected chi connectivity index (χ0v) is 14.5. The van der Waals surface area contributed by atoms with E-state index in [1.54, 1.807) is 11.3 Å². The van der Waals surface area contributed by atoms with Gasteiger partial charge < -0.3 is 4.57 Å². The van der Waals surface area contributed by atoms with E-state index >= 15 is 0 Å². The van der Waals surface area contributed by atoms with E-state index in [0.29, 0.717) is 6.04 Å². The van der Waals surface area contributed by atoms with Gasteiger partial charge in [0.05, 0.1) is 10.6 Å². The van der Waals surface area contributed by atoms with Crippen LogP contribution in [0.15, 0.2) is 46.1 Å². The molecule has 0 bridgehead atoms. The summed E-state index contributed by atoms with van der Waals surface area (Å²) in [7, 11) is 0. The fraction of sp³-hybridized carbons (Fsp3) is 0.278. The first-order chi connectivity index (χ1) is 11.7. The van der Waals surface area contributed by atoms with Crippen molar-refractivity contribution in [2.45, 2.75) is 31.7 Å². The first-order valence-corrected chi connectivity index (χ1v) is 9.72. The van der Waals surface area contributed by atoms with Gasteiger partial charge in [0.1, 0.15) is 11.5 Å². The molecule has 1 fully saturated rings. The van der Waals surface area contributed by atoms with Crippen LogP contribution in [-0.2, 0) is 0 Å². The minimum Gasteiger partial charge on any atom is -0.313 e. The minimum atomic E-state index is -0.626. The van der Waals surface area contributed by atoms with Gasteiger partial charge in [-0.05, 0) is 36.4 Å². The molecule has 2 nitrogen and oxygen atoms in total. The molecule has 1 aliphatic rings. The third kappa shape index (κ3) is 2.96. The van der Waals surface area contributed by atoms with Gasteiger partial charge in [-0.3, -0.25) is 0 Å². The molecule has 1 aliphatic carbocycles. The van der Waals surface area contributed by atoms with Gasteiger partial charge in [0, 0.05) is 17.5 Å². The number of thiophene rings is 1. The lowest BCUT2D eigenvalue weighted by Crippen LogP contribution is -2.19. The van der Waals surface area contributed by atoms with Crippen LogP contribution >= 0.6 is 22.7 Å². The summed E-state index contributed by atoms with van der Waals surface area (Å²) >= 11 is 3.21. The second-order valence-electron chi connectivity index (χ2n) is 5.90. The molecule has 1 aromatic carbocycles. The summed E-state index contributed by atoms with van der Waals surface area (Å²) < 4.78 is 29.3. The molecule has 0 atom stereocenters. The van der Waals surface area contributed by atoms with E-state index < -0.39 is 11.6 Å². The van der Waals surface area contributed by atoms with E-state index in [-0.39, 0.29) is 5.69 Å². The molecule has 0 unspecified atom stereocenters. The molecule has 1 saturated carbocycles. The van der Waals surface area contributed by atoms with Gasteiger partial charge in [-0.25, -0.2) is 13.8 Å². The highest BCUT2D eigenvalue weighted by molar-refractivity contribution is 7.14. The summed E-state index contributed by atoms with van der Waals surface area (Å²) in [5.41, 5.74) is 1.32. The van der Waals surface area contributed by atoms with E-state index in [1.165, 1.54) is 41.2 Å². The Labute approximate surface area is 146 Å². The fourth-order valence-corrected chi connectivity index (χ4v) is 4.98. The maximum Gasteiger partial charge on any atom is 0.190 e. The standard InChI is InChI=1S/C18H16F2N2S2/c19-12-7-8-15(14(20)10-12)21-18-22(13-4-1-2-5-13)16(11-24-18)17-6-3-9-23-17/h3,6-11,13H,1-2,4-5H2. The van der Waals surface area contributed by atoms with Gasteiger partial charge in [0.15, 0.2) is 10.6 Å². The van der Waals surface area contributed by atoms with Crippen LogP contribution in [0.4, 0.5) is 14.5 Å². The molecule has 2 heterocycles. The monoisotopic (exact) mass is 362 g/mol. The van der Waals surface area contributed by atoms with E-state index in [9.17, 15) is 8.78 Å². The molecule has 0 N–H and O–H groups in total. The van der Waals surface area contributed by atoms with Crippen molar-refractivity contribution in [1.29, 1.82) is 0 Å². The first-order valence-electron chi connectivity index (χ1n) is 7.96. The maximum absolute atomic E-state index is 14.0. The Balaban J connectivity index is 1.87. The Bertz CT molecular complexity index is 903. The smallest absolute Gasteiger partial charge is 0.190 e. The van der Waals surface area contributed by atoms with Crippen LogP contribution in [-0.4, -0.2) is 4.57 Å². The highest BCUT2D eigenvalue weighted by atomic mass is 32.1. The summed E-state index contributed by atoms with van der Waals surface area (Å²) in [4.78, 5) is 6.47. The Hall–Kier alpha value is -1.79. The van der Waals surface area contributed by atoms with E-state index in [0.717, 1.165) is 29.4 Å². The summed E-state index contributed by atoms with van der Waals surface area (Å²) in [5.74, 6) is -1.21. The number of hydrogen-bond donors (Lipinski definition) is 0. The fourth-order valence-electron chi connectivity index (χ4n) is 3.20. The van der Waals surface area contributed by atoms with E-state index in [1.807, 2.05) is 6.07 Å². The average molecular weight is 362 g/mol.